The van der Waals surface area contributed by atoms with E-state index in [2.05, 4.69) is 15.8 Å². The lowest BCUT2D eigenvalue weighted by Crippen LogP contribution is -2.41. The average Bonchev–Trinajstić information content (AvgIpc) is 2.54. The highest BCUT2D eigenvalue weighted by Gasteiger charge is 2.14. The van der Waals surface area contributed by atoms with Crippen molar-refractivity contribution in [1.29, 1.82) is 0 Å². The van der Waals surface area contributed by atoms with Crippen LogP contribution in [0, 0.1) is 0 Å². The summed E-state index contributed by atoms with van der Waals surface area (Å²) in [5.74, 6) is -0.678. The van der Waals surface area contributed by atoms with Crippen molar-refractivity contribution in [2.24, 2.45) is 5.10 Å². The van der Waals surface area contributed by atoms with Crippen molar-refractivity contribution < 1.29 is 19.1 Å². The third-order valence-electron chi connectivity index (χ3n) is 3.11. The van der Waals surface area contributed by atoms with Crippen molar-refractivity contribution in [1.82, 2.24) is 10.7 Å². The molecule has 0 aliphatic carbocycles. The Labute approximate surface area is 146 Å². The van der Waals surface area contributed by atoms with E-state index < -0.39 is 11.8 Å². The Kier molecular flexibility index (Phi) is 8.05. The normalized spacial score (nSPS) is 11.9. The minimum absolute atomic E-state index is 0.0821. The van der Waals surface area contributed by atoms with Gasteiger partial charge in [0.25, 0.3) is 0 Å². The minimum atomic E-state index is -0.837. The van der Waals surface area contributed by atoms with Gasteiger partial charge in [0.05, 0.1) is 25.0 Å². The Bertz CT molecular complexity index is 620. The SMILES string of the molecule is CCOc1cc(/C=N\NC(=O)C(=O)N[C@@H](C)CC)cc(Cl)c1OC. The first-order valence-electron chi connectivity index (χ1n) is 7.57. The topological polar surface area (TPSA) is 89.0 Å². The molecule has 0 radical (unpaired) electrons. The summed E-state index contributed by atoms with van der Waals surface area (Å²) in [4.78, 5) is 23.2. The van der Waals surface area contributed by atoms with Crippen molar-refractivity contribution in [2.75, 3.05) is 13.7 Å². The Balaban J connectivity index is 2.77. The van der Waals surface area contributed by atoms with E-state index in [0.717, 1.165) is 6.42 Å². The molecule has 1 atom stereocenters. The zero-order chi connectivity index (χ0) is 18.1. The van der Waals surface area contributed by atoms with Crippen LogP contribution in [0.4, 0.5) is 0 Å². The molecular formula is C16H22ClN3O4. The number of amides is 2. The molecular weight excluding hydrogens is 334 g/mol. The Morgan fingerprint density at radius 3 is 2.62 bits per heavy atom. The smallest absolute Gasteiger partial charge is 0.329 e. The van der Waals surface area contributed by atoms with Crippen LogP contribution in [0.15, 0.2) is 17.2 Å². The van der Waals surface area contributed by atoms with Gasteiger partial charge in [-0.2, -0.15) is 5.10 Å². The standard InChI is InChI=1S/C16H22ClN3O4/c1-5-10(3)19-15(21)16(22)20-18-9-11-7-12(17)14(23-4)13(8-11)24-6-2/h7-10H,5-6H2,1-4H3,(H,19,21)(H,20,22)/b18-9-/t10-/m0/s1. The van der Waals surface area contributed by atoms with Crippen LogP contribution in [0.3, 0.4) is 0 Å². The van der Waals surface area contributed by atoms with Crippen LogP contribution in [0.2, 0.25) is 5.02 Å². The number of rotatable bonds is 7. The second-order valence-corrected chi connectivity index (χ2v) is 5.36. The molecule has 24 heavy (non-hydrogen) atoms. The summed E-state index contributed by atoms with van der Waals surface area (Å²) in [5, 5.41) is 6.65. The Morgan fingerprint density at radius 1 is 1.33 bits per heavy atom. The first-order valence-corrected chi connectivity index (χ1v) is 7.94. The molecule has 0 saturated heterocycles. The van der Waals surface area contributed by atoms with E-state index in [0.29, 0.717) is 28.7 Å². The van der Waals surface area contributed by atoms with Gasteiger partial charge in [-0.3, -0.25) is 9.59 Å². The lowest BCUT2D eigenvalue weighted by molar-refractivity contribution is -0.139. The average molecular weight is 356 g/mol. The molecule has 7 nitrogen and oxygen atoms in total. The second kappa shape index (κ2) is 9.77. The fourth-order valence-corrected chi connectivity index (χ4v) is 2.03. The summed E-state index contributed by atoms with van der Waals surface area (Å²) >= 11 is 6.12. The summed E-state index contributed by atoms with van der Waals surface area (Å²) in [7, 11) is 1.49. The number of hydrazone groups is 1. The summed E-state index contributed by atoms with van der Waals surface area (Å²) < 4.78 is 10.6. The van der Waals surface area contributed by atoms with Crippen LogP contribution in [-0.4, -0.2) is 37.8 Å². The van der Waals surface area contributed by atoms with Crippen molar-refractivity contribution in [3.63, 3.8) is 0 Å². The summed E-state index contributed by atoms with van der Waals surface area (Å²) in [6.45, 7) is 6.00. The number of methoxy groups -OCH3 is 1. The minimum Gasteiger partial charge on any atom is -0.491 e. The van der Waals surface area contributed by atoms with Gasteiger partial charge in [0.1, 0.15) is 0 Å². The number of carbonyl (C=O) groups is 2. The number of halogens is 1. The fraction of sp³-hybridized carbons (Fsp3) is 0.438. The molecule has 0 aliphatic rings. The molecule has 1 rings (SSSR count). The fourth-order valence-electron chi connectivity index (χ4n) is 1.73. The molecule has 0 aliphatic heterocycles. The molecule has 132 valence electrons. The number of nitrogens with zero attached hydrogens (tertiary/aromatic N) is 1. The third kappa shape index (κ3) is 5.73. The maximum absolute atomic E-state index is 11.6. The van der Waals surface area contributed by atoms with Crippen molar-refractivity contribution in [3.8, 4) is 11.5 Å². The molecule has 0 aromatic heterocycles. The molecule has 0 fully saturated rings. The quantitative estimate of drug-likeness (QED) is 0.445. The van der Waals surface area contributed by atoms with E-state index in [1.807, 2.05) is 20.8 Å². The molecule has 0 spiro atoms. The molecule has 1 aromatic rings. The van der Waals surface area contributed by atoms with Crippen molar-refractivity contribution in [2.45, 2.75) is 33.2 Å². The van der Waals surface area contributed by atoms with Gasteiger partial charge in [-0.05, 0) is 38.0 Å². The van der Waals surface area contributed by atoms with Crippen molar-refractivity contribution >= 4 is 29.6 Å². The largest absolute Gasteiger partial charge is 0.491 e. The first-order chi connectivity index (χ1) is 11.4. The van der Waals surface area contributed by atoms with E-state index in [1.165, 1.54) is 13.3 Å². The number of hydrogen-bond acceptors (Lipinski definition) is 5. The number of nitrogens with one attached hydrogen (secondary N) is 2. The van der Waals surface area contributed by atoms with Crippen LogP contribution in [-0.2, 0) is 9.59 Å². The Morgan fingerprint density at radius 2 is 2.04 bits per heavy atom. The molecule has 0 bridgehead atoms. The number of ether oxygens (including phenoxy) is 2. The highest BCUT2D eigenvalue weighted by atomic mass is 35.5. The highest BCUT2D eigenvalue weighted by molar-refractivity contribution is 6.35. The summed E-state index contributed by atoms with van der Waals surface area (Å²) in [6.07, 6.45) is 2.09. The number of hydrogen-bond donors (Lipinski definition) is 2. The second-order valence-electron chi connectivity index (χ2n) is 4.95. The van der Waals surface area contributed by atoms with E-state index in [1.54, 1.807) is 12.1 Å². The van der Waals surface area contributed by atoms with Crippen LogP contribution >= 0.6 is 11.6 Å². The molecule has 8 heteroatoms. The van der Waals surface area contributed by atoms with Gasteiger partial charge >= 0.3 is 11.8 Å². The van der Waals surface area contributed by atoms with Gasteiger partial charge in [0.2, 0.25) is 0 Å². The molecule has 0 heterocycles. The van der Waals surface area contributed by atoms with Gasteiger partial charge in [-0.15, -0.1) is 0 Å². The van der Waals surface area contributed by atoms with Gasteiger partial charge in [0, 0.05) is 6.04 Å². The molecule has 1 aromatic carbocycles. The van der Waals surface area contributed by atoms with Crippen molar-refractivity contribution in [3.05, 3.63) is 22.7 Å². The zero-order valence-electron chi connectivity index (χ0n) is 14.2. The first kappa shape index (κ1) is 19.8. The zero-order valence-corrected chi connectivity index (χ0v) is 14.9. The predicted molar refractivity (Wildman–Crippen MR) is 92.8 cm³/mol. The predicted octanol–water partition coefficient (Wildman–Crippen LogP) is 2.11. The molecule has 0 saturated carbocycles. The van der Waals surface area contributed by atoms with Crippen LogP contribution in [0.5, 0.6) is 11.5 Å². The van der Waals surface area contributed by atoms with E-state index in [4.69, 9.17) is 21.1 Å². The van der Waals surface area contributed by atoms with E-state index >= 15 is 0 Å². The van der Waals surface area contributed by atoms with Gasteiger partial charge in [0.15, 0.2) is 11.5 Å². The van der Waals surface area contributed by atoms with Gasteiger partial charge < -0.3 is 14.8 Å². The van der Waals surface area contributed by atoms with Gasteiger partial charge in [-0.25, -0.2) is 5.43 Å². The van der Waals surface area contributed by atoms with Crippen LogP contribution in [0.1, 0.15) is 32.8 Å². The number of carbonyl (C=O) groups excluding carboxylic acids is 2. The molecule has 2 amide bonds. The summed E-state index contributed by atoms with van der Waals surface area (Å²) in [5.41, 5.74) is 2.75. The monoisotopic (exact) mass is 355 g/mol. The highest BCUT2D eigenvalue weighted by Crippen LogP contribution is 2.35. The molecule has 2 N–H and O–H groups in total. The van der Waals surface area contributed by atoms with Crippen LogP contribution < -0.4 is 20.2 Å². The molecule has 0 unspecified atom stereocenters. The van der Waals surface area contributed by atoms with E-state index in [9.17, 15) is 9.59 Å². The maximum Gasteiger partial charge on any atom is 0.329 e. The lowest BCUT2D eigenvalue weighted by atomic mass is 10.2. The maximum atomic E-state index is 11.6. The Hall–Kier alpha value is -2.28. The number of benzene rings is 1. The van der Waals surface area contributed by atoms with Gasteiger partial charge in [-0.1, -0.05) is 18.5 Å². The van der Waals surface area contributed by atoms with Crippen LogP contribution in [0.25, 0.3) is 0 Å². The lowest BCUT2D eigenvalue weighted by Gasteiger charge is -2.11. The third-order valence-corrected chi connectivity index (χ3v) is 3.39. The summed E-state index contributed by atoms with van der Waals surface area (Å²) in [6, 6.07) is 3.20. The van der Waals surface area contributed by atoms with E-state index in [-0.39, 0.29) is 6.04 Å².